The van der Waals surface area contributed by atoms with Crippen LogP contribution in [0.4, 0.5) is 0 Å². The number of hydrazine groups is 1. The molecule has 18 heavy (non-hydrogen) atoms. The molecule has 0 aromatic heterocycles. The minimum Gasteiger partial charge on any atom is -0.271 e. The largest absolute Gasteiger partial charge is 0.271 e. The first-order valence-corrected chi connectivity index (χ1v) is 6.76. The molecule has 4 heteroatoms. The van der Waals surface area contributed by atoms with Gasteiger partial charge in [0.2, 0.25) is 0 Å². The highest BCUT2D eigenvalue weighted by molar-refractivity contribution is 9.10. The maximum Gasteiger partial charge on any atom is 0.0710 e. The maximum absolute atomic E-state index is 6.00. The fourth-order valence-corrected chi connectivity index (χ4v) is 2.44. The van der Waals surface area contributed by atoms with Crippen molar-refractivity contribution in [3.05, 3.63) is 68.7 Å². The van der Waals surface area contributed by atoms with Gasteiger partial charge in [0, 0.05) is 4.47 Å². The number of nitrogens with two attached hydrogens (primary N) is 1. The van der Waals surface area contributed by atoms with Crippen molar-refractivity contribution in [3.63, 3.8) is 0 Å². The van der Waals surface area contributed by atoms with Crippen LogP contribution in [0.25, 0.3) is 0 Å². The molecule has 0 radical (unpaired) electrons. The van der Waals surface area contributed by atoms with Crippen molar-refractivity contribution < 1.29 is 0 Å². The Kier molecular flexibility index (Phi) is 4.40. The number of rotatable bonds is 3. The summed E-state index contributed by atoms with van der Waals surface area (Å²) in [5.41, 5.74) is 6.25. The molecule has 2 nitrogen and oxygen atoms in total. The zero-order valence-corrected chi connectivity index (χ0v) is 12.3. The molecule has 0 saturated carbocycles. The molecule has 3 N–H and O–H groups in total. The molecule has 0 amide bonds. The highest BCUT2D eigenvalue weighted by Gasteiger charge is 2.13. The Labute approximate surface area is 120 Å². The number of aryl methyl sites for hydroxylation is 1. The van der Waals surface area contributed by atoms with Crippen molar-refractivity contribution in [2.75, 3.05) is 0 Å². The normalized spacial score (nSPS) is 12.4. The van der Waals surface area contributed by atoms with E-state index >= 15 is 0 Å². The monoisotopic (exact) mass is 324 g/mol. The third kappa shape index (κ3) is 2.93. The summed E-state index contributed by atoms with van der Waals surface area (Å²) in [5, 5.41) is 0.693. The van der Waals surface area contributed by atoms with Crippen molar-refractivity contribution in [1.82, 2.24) is 5.43 Å². The summed E-state index contributed by atoms with van der Waals surface area (Å²) in [5.74, 6) is 5.68. The van der Waals surface area contributed by atoms with Gasteiger partial charge in [0.05, 0.1) is 11.1 Å². The molecule has 0 aliphatic carbocycles. The number of benzene rings is 2. The van der Waals surface area contributed by atoms with Gasteiger partial charge in [0.25, 0.3) is 0 Å². The summed E-state index contributed by atoms with van der Waals surface area (Å²) in [6, 6.07) is 14.0. The average molecular weight is 326 g/mol. The van der Waals surface area contributed by atoms with Crippen LogP contribution in [0.5, 0.6) is 0 Å². The summed E-state index contributed by atoms with van der Waals surface area (Å²) in [4.78, 5) is 0. The van der Waals surface area contributed by atoms with Crippen LogP contribution in [0.3, 0.4) is 0 Å². The summed E-state index contributed by atoms with van der Waals surface area (Å²) in [6.45, 7) is 2.06. The summed E-state index contributed by atoms with van der Waals surface area (Å²) >= 11 is 9.43. The molecule has 2 aromatic carbocycles. The molecule has 1 atom stereocenters. The van der Waals surface area contributed by atoms with Gasteiger partial charge in [-0.1, -0.05) is 47.5 Å². The Morgan fingerprint density at radius 1 is 1.17 bits per heavy atom. The lowest BCUT2D eigenvalue weighted by Gasteiger charge is -2.18. The van der Waals surface area contributed by atoms with E-state index in [1.54, 1.807) is 0 Å². The van der Waals surface area contributed by atoms with E-state index in [-0.39, 0.29) is 6.04 Å². The van der Waals surface area contributed by atoms with Gasteiger partial charge in [-0.2, -0.15) is 0 Å². The predicted molar refractivity (Wildman–Crippen MR) is 79.5 cm³/mol. The Morgan fingerprint density at radius 3 is 2.50 bits per heavy atom. The fourth-order valence-electron chi connectivity index (χ4n) is 1.93. The van der Waals surface area contributed by atoms with Gasteiger partial charge in [0.15, 0.2) is 0 Å². The number of hydrogen-bond acceptors (Lipinski definition) is 2. The van der Waals surface area contributed by atoms with E-state index in [9.17, 15) is 0 Å². The molecule has 0 fully saturated rings. The molecule has 0 bridgehead atoms. The third-order valence-corrected chi connectivity index (χ3v) is 4.03. The van der Waals surface area contributed by atoms with Crippen molar-refractivity contribution in [3.8, 4) is 0 Å². The van der Waals surface area contributed by atoms with Crippen LogP contribution in [0, 0.1) is 6.92 Å². The Morgan fingerprint density at radius 2 is 1.89 bits per heavy atom. The van der Waals surface area contributed by atoms with Gasteiger partial charge in [-0.15, -0.1) is 0 Å². The van der Waals surface area contributed by atoms with Crippen LogP contribution in [0.2, 0.25) is 5.02 Å². The van der Waals surface area contributed by atoms with E-state index in [4.69, 9.17) is 17.4 Å². The quantitative estimate of drug-likeness (QED) is 0.662. The van der Waals surface area contributed by atoms with Crippen LogP contribution >= 0.6 is 27.5 Å². The average Bonchev–Trinajstić information content (AvgIpc) is 2.35. The SMILES string of the molecule is Cc1cccc(C(NN)c2ccc(Cl)c(Br)c2)c1. The smallest absolute Gasteiger partial charge is 0.0710 e. The Hall–Kier alpha value is -0.870. The number of halogens is 2. The first-order chi connectivity index (χ1) is 8.61. The second-order valence-electron chi connectivity index (χ2n) is 4.19. The van der Waals surface area contributed by atoms with Crippen LogP contribution < -0.4 is 11.3 Å². The van der Waals surface area contributed by atoms with Gasteiger partial charge < -0.3 is 0 Å². The minimum atomic E-state index is -0.0431. The second kappa shape index (κ2) is 5.85. The van der Waals surface area contributed by atoms with Crippen molar-refractivity contribution in [2.45, 2.75) is 13.0 Å². The first kappa shape index (κ1) is 13.6. The predicted octanol–water partition coefficient (Wildman–Crippen LogP) is 3.96. The third-order valence-electron chi connectivity index (χ3n) is 2.82. The zero-order chi connectivity index (χ0) is 13.1. The summed E-state index contributed by atoms with van der Waals surface area (Å²) < 4.78 is 0.870. The van der Waals surface area contributed by atoms with Crippen LogP contribution in [0.1, 0.15) is 22.7 Å². The van der Waals surface area contributed by atoms with Crippen molar-refractivity contribution in [2.24, 2.45) is 5.84 Å². The van der Waals surface area contributed by atoms with E-state index in [1.165, 1.54) is 5.56 Å². The van der Waals surface area contributed by atoms with Crippen LogP contribution in [-0.2, 0) is 0 Å². The molecule has 2 rings (SSSR count). The molecule has 0 spiro atoms. The molecular formula is C14H14BrClN2. The topological polar surface area (TPSA) is 38.0 Å². The molecule has 1 unspecified atom stereocenters. The van der Waals surface area contributed by atoms with Gasteiger partial charge in [-0.25, -0.2) is 5.43 Å². The van der Waals surface area contributed by atoms with Crippen LogP contribution in [0.15, 0.2) is 46.9 Å². The van der Waals surface area contributed by atoms with E-state index in [1.807, 2.05) is 24.3 Å². The molecule has 0 saturated heterocycles. The molecule has 0 heterocycles. The van der Waals surface area contributed by atoms with Crippen molar-refractivity contribution >= 4 is 27.5 Å². The molecule has 2 aromatic rings. The molecule has 0 aliphatic heterocycles. The van der Waals surface area contributed by atoms with E-state index < -0.39 is 0 Å². The summed E-state index contributed by atoms with van der Waals surface area (Å²) in [6.07, 6.45) is 0. The number of nitrogens with one attached hydrogen (secondary N) is 1. The van der Waals surface area contributed by atoms with Gasteiger partial charge >= 0.3 is 0 Å². The minimum absolute atomic E-state index is 0.0431. The van der Waals surface area contributed by atoms with Gasteiger partial charge in [-0.3, -0.25) is 5.84 Å². The standard InChI is InChI=1S/C14H14BrClN2/c1-9-3-2-4-10(7-9)14(18-17)11-5-6-13(16)12(15)8-11/h2-8,14,18H,17H2,1H3. The highest BCUT2D eigenvalue weighted by Crippen LogP contribution is 2.29. The first-order valence-electron chi connectivity index (χ1n) is 5.59. The Balaban J connectivity index is 2.42. The van der Waals surface area contributed by atoms with Crippen molar-refractivity contribution in [1.29, 1.82) is 0 Å². The lowest BCUT2D eigenvalue weighted by Crippen LogP contribution is -2.28. The lowest BCUT2D eigenvalue weighted by molar-refractivity contribution is 0.636. The van der Waals surface area contributed by atoms with Crippen LogP contribution in [-0.4, -0.2) is 0 Å². The zero-order valence-electron chi connectivity index (χ0n) is 9.95. The molecule has 94 valence electrons. The maximum atomic E-state index is 6.00. The van der Waals surface area contributed by atoms with Gasteiger partial charge in [-0.05, 0) is 46.1 Å². The molecule has 0 aliphatic rings. The number of hydrogen-bond donors (Lipinski definition) is 2. The van der Waals surface area contributed by atoms with E-state index in [0.29, 0.717) is 5.02 Å². The highest BCUT2D eigenvalue weighted by atomic mass is 79.9. The van der Waals surface area contributed by atoms with E-state index in [2.05, 4.69) is 46.5 Å². The fraction of sp³-hybridized carbons (Fsp3) is 0.143. The lowest BCUT2D eigenvalue weighted by atomic mass is 9.98. The van der Waals surface area contributed by atoms with Gasteiger partial charge in [0.1, 0.15) is 0 Å². The Bertz CT molecular complexity index is 557. The summed E-state index contributed by atoms with van der Waals surface area (Å²) in [7, 11) is 0. The molecular weight excluding hydrogens is 312 g/mol. The second-order valence-corrected chi connectivity index (χ2v) is 5.45. The van der Waals surface area contributed by atoms with E-state index in [0.717, 1.165) is 15.6 Å².